The maximum atomic E-state index is 13.0. The Morgan fingerprint density at radius 3 is 2.09 bits per heavy atom. The summed E-state index contributed by atoms with van der Waals surface area (Å²) in [5.74, 6) is 0.258. The van der Waals surface area contributed by atoms with E-state index >= 15 is 0 Å². The molecule has 8 nitrogen and oxygen atoms in total. The Bertz CT molecular complexity index is 944. The van der Waals surface area contributed by atoms with Crippen molar-refractivity contribution in [3.63, 3.8) is 0 Å². The second-order valence-electron chi connectivity index (χ2n) is 9.97. The zero-order valence-electron chi connectivity index (χ0n) is 20.2. The molecule has 3 aliphatic rings. The number of benzene rings is 1. The largest absolute Gasteiger partial charge is 0.340 e. The van der Waals surface area contributed by atoms with E-state index in [-0.39, 0.29) is 22.6 Å². The average Bonchev–Trinajstić information content (AvgIpc) is 2.85. The molecule has 34 heavy (non-hydrogen) atoms. The lowest BCUT2D eigenvalue weighted by Gasteiger charge is -2.41. The molecule has 0 radical (unpaired) electrons. The third kappa shape index (κ3) is 6.17. The van der Waals surface area contributed by atoms with Gasteiger partial charge in [0, 0.05) is 64.3 Å². The number of hydrogen-bond acceptors (Lipinski definition) is 5. The SMILES string of the molecule is CC(=O)Nc1ccc(S(=O)(=O)N2CCC(CC(=O)N3CCN(C4CCCCC4)CC3)CC2)cc1. The summed E-state index contributed by atoms with van der Waals surface area (Å²) in [5, 5.41) is 2.65. The monoisotopic (exact) mass is 490 g/mol. The summed E-state index contributed by atoms with van der Waals surface area (Å²) in [6.45, 7) is 5.87. The fourth-order valence-electron chi connectivity index (χ4n) is 5.58. The topological polar surface area (TPSA) is 90.0 Å². The molecule has 1 aliphatic carbocycles. The van der Waals surface area contributed by atoms with E-state index < -0.39 is 10.0 Å². The van der Waals surface area contributed by atoms with Crippen molar-refractivity contribution in [1.82, 2.24) is 14.1 Å². The molecule has 1 saturated carbocycles. The Labute approximate surface area is 203 Å². The molecule has 2 heterocycles. The van der Waals surface area contributed by atoms with Crippen LogP contribution in [0.5, 0.6) is 0 Å². The molecule has 0 unspecified atom stereocenters. The number of nitrogens with zero attached hydrogens (tertiary/aromatic N) is 3. The van der Waals surface area contributed by atoms with E-state index in [1.807, 2.05) is 4.90 Å². The third-order valence-corrected chi connectivity index (χ3v) is 9.52. The molecular weight excluding hydrogens is 452 g/mol. The highest BCUT2D eigenvalue weighted by atomic mass is 32.2. The maximum absolute atomic E-state index is 13.0. The van der Waals surface area contributed by atoms with E-state index in [4.69, 9.17) is 0 Å². The minimum Gasteiger partial charge on any atom is -0.340 e. The normalized spacial score (nSPS) is 22.0. The summed E-state index contributed by atoms with van der Waals surface area (Å²) in [6, 6.07) is 6.98. The Morgan fingerprint density at radius 2 is 1.50 bits per heavy atom. The van der Waals surface area contributed by atoms with Gasteiger partial charge in [0.25, 0.3) is 0 Å². The van der Waals surface area contributed by atoms with Crippen LogP contribution in [0.1, 0.15) is 58.3 Å². The van der Waals surface area contributed by atoms with Gasteiger partial charge in [-0.1, -0.05) is 19.3 Å². The molecule has 2 saturated heterocycles. The molecule has 2 amide bonds. The lowest BCUT2D eigenvalue weighted by Crippen LogP contribution is -2.52. The first-order chi connectivity index (χ1) is 16.3. The Morgan fingerprint density at radius 1 is 0.882 bits per heavy atom. The number of carbonyl (C=O) groups is 2. The fourth-order valence-corrected chi connectivity index (χ4v) is 7.04. The molecule has 3 fully saturated rings. The number of hydrogen-bond donors (Lipinski definition) is 1. The van der Waals surface area contributed by atoms with Gasteiger partial charge in [-0.15, -0.1) is 0 Å². The third-order valence-electron chi connectivity index (χ3n) is 7.61. The van der Waals surface area contributed by atoms with Crippen molar-refractivity contribution in [1.29, 1.82) is 0 Å². The average molecular weight is 491 g/mol. The lowest BCUT2D eigenvalue weighted by atomic mass is 9.93. The minimum absolute atomic E-state index is 0.196. The summed E-state index contributed by atoms with van der Waals surface area (Å²) < 4.78 is 27.6. The van der Waals surface area contributed by atoms with Gasteiger partial charge in [0.15, 0.2) is 0 Å². The number of nitrogens with one attached hydrogen (secondary N) is 1. The number of piperazine rings is 1. The van der Waals surface area contributed by atoms with Crippen LogP contribution in [0.2, 0.25) is 0 Å². The Kier molecular flexibility index (Phi) is 8.26. The van der Waals surface area contributed by atoms with Crippen LogP contribution >= 0.6 is 0 Å². The number of piperidine rings is 1. The quantitative estimate of drug-likeness (QED) is 0.662. The van der Waals surface area contributed by atoms with E-state index in [1.165, 1.54) is 55.5 Å². The van der Waals surface area contributed by atoms with Crippen LogP contribution < -0.4 is 5.32 Å². The second-order valence-corrected chi connectivity index (χ2v) is 11.9. The van der Waals surface area contributed by atoms with E-state index in [9.17, 15) is 18.0 Å². The van der Waals surface area contributed by atoms with Gasteiger partial charge in [-0.2, -0.15) is 4.31 Å². The van der Waals surface area contributed by atoms with Crippen molar-refractivity contribution in [2.45, 2.75) is 69.2 Å². The van der Waals surface area contributed by atoms with Crippen LogP contribution in [0.15, 0.2) is 29.2 Å². The summed E-state index contributed by atoms with van der Waals surface area (Å²) in [4.78, 5) is 28.9. The molecule has 188 valence electrons. The van der Waals surface area contributed by atoms with Gasteiger partial charge in [0.2, 0.25) is 21.8 Å². The van der Waals surface area contributed by atoms with Gasteiger partial charge < -0.3 is 10.2 Å². The number of anilines is 1. The van der Waals surface area contributed by atoms with Crippen LogP contribution in [0.25, 0.3) is 0 Å². The first-order valence-electron chi connectivity index (χ1n) is 12.7. The minimum atomic E-state index is -3.58. The molecule has 2 aliphatic heterocycles. The van der Waals surface area contributed by atoms with Gasteiger partial charge in [0.05, 0.1) is 4.90 Å². The highest BCUT2D eigenvalue weighted by Crippen LogP contribution is 2.28. The number of rotatable bonds is 6. The van der Waals surface area contributed by atoms with Crippen molar-refractivity contribution in [3.8, 4) is 0 Å². The zero-order valence-corrected chi connectivity index (χ0v) is 21.1. The molecule has 1 aromatic rings. The summed E-state index contributed by atoms with van der Waals surface area (Å²) in [5.41, 5.74) is 0.572. The fraction of sp³-hybridized carbons (Fsp3) is 0.680. The number of carbonyl (C=O) groups excluding carboxylic acids is 2. The highest BCUT2D eigenvalue weighted by Gasteiger charge is 2.32. The molecule has 0 atom stereocenters. The van der Waals surface area contributed by atoms with Crippen LogP contribution in [-0.4, -0.2) is 79.6 Å². The first kappa shape index (κ1) is 25.1. The molecule has 0 aromatic heterocycles. The van der Waals surface area contributed by atoms with Crippen molar-refractivity contribution < 1.29 is 18.0 Å². The molecule has 0 spiro atoms. The lowest BCUT2D eigenvalue weighted by molar-refractivity contribution is -0.134. The summed E-state index contributed by atoms with van der Waals surface area (Å²) >= 11 is 0. The van der Waals surface area contributed by atoms with Crippen molar-refractivity contribution in [3.05, 3.63) is 24.3 Å². The van der Waals surface area contributed by atoms with E-state index in [1.54, 1.807) is 12.1 Å². The van der Waals surface area contributed by atoms with Gasteiger partial charge in [-0.25, -0.2) is 8.42 Å². The standard InChI is InChI=1S/C25H38N4O4S/c1-20(30)26-22-7-9-24(10-8-22)34(32,33)29-13-11-21(12-14-29)19-25(31)28-17-15-27(16-18-28)23-5-3-2-4-6-23/h7-10,21,23H,2-6,11-19H2,1H3,(H,26,30). The molecule has 1 N–H and O–H groups in total. The van der Waals surface area contributed by atoms with Crippen molar-refractivity contribution in [2.24, 2.45) is 5.92 Å². The molecule has 0 bridgehead atoms. The van der Waals surface area contributed by atoms with Gasteiger partial charge in [-0.3, -0.25) is 14.5 Å². The van der Waals surface area contributed by atoms with E-state index in [2.05, 4.69) is 10.2 Å². The predicted molar refractivity (Wildman–Crippen MR) is 132 cm³/mol. The highest BCUT2D eigenvalue weighted by molar-refractivity contribution is 7.89. The molecule has 4 rings (SSSR count). The Hall–Kier alpha value is -1.97. The summed E-state index contributed by atoms with van der Waals surface area (Å²) in [6.07, 6.45) is 8.56. The van der Waals surface area contributed by atoms with Crippen LogP contribution in [-0.2, 0) is 19.6 Å². The second kappa shape index (κ2) is 11.2. The molecule has 1 aromatic carbocycles. The van der Waals surface area contributed by atoms with Crippen LogP contribution in [0.3, 0.4) is 0 Å². The maximum Gasteiger partial charge on any atom is 0.243 e. The van der Waals surface area contributed by atoms with Gasteiger partial charge in [0.1, 0.15) is 0 Å². The molecular formula is C25H38N4O4S. The van der Waals surface area contributed by atoms with E-state index in [0.717, 1.165) is 26.2 Å². The first-order valence-corrected chi connectivity index (χ1v) is 14.2. The van der Waals surface area contributed by atoms with Crippen molar-refractivity contribution >= 4 is 27.5 Å². The van der Waals surface area contributed by atoms with E-state index in [0.29, 0.717) is 44.1 Å². The van der Waals surface area contributed by atoms with Crippen molar-refractivity contribution in [2.75, 3.05) is 44.6 Å². The predicted octanol–water partition coefficient (Wildman–Crippen LogP) is 2.91. The van der Waals surface area contributed by atoms with Gasteiger partial charge >= 0.3 is 0 Å². The number of amides is 2. The molecule has 9 heteroatoms. The Balaban J connectivity index is 1.23. The smallest absolute Gasteiger partial charge is 0.243 e. The van der Waals surface area contributed by atoms with Crippen LogP contribution in [0.4, 0.5) is 5.69 Å². The van der Waals surface area contributed by atoms with Gasteiger partial charge in [-0.05, 0) is 55.9 Å². The van der Waals surface area contributed by atoms with Crippen LogP contribution in [0, 0.1) is 5.92 Å². The summed E-state index contributed by atoms with van der Waals surface area (Å²) in [7, 11) is -3.58. The zero-order chi connectivity index (χ0) is 24.1. The number of sulfonamides is 1.